The average molecular weight is 139 g/mol. The van der Waals surface area contributed by atoms with E-state index in [0.29, 0.717) is 5.71 Å². The standard InChI is InChI=1S/C8H13NO/c1-4-7(2)5-8(6-10)9-3/h5-6H,4H2,1-3H3/b7-5-,9-8?. The van der Waals surface area contributed by atoms with Crippen LogP contribution in [-0.2, 0) is 4.79 Å². The molecule has 0 saturated heterocycles. The molecule has 0 aromatic heterocycles. The van der Waals surface area contributed by atoms with Crippen LogP contribution < -0.4 is 0 Å². The Hall–Kier alpha value is -0.920. The first-order valence-corrected chi connectivity index (χ1v) is 3.33. The Morgan fingerprint density at radius 2 is 2.20 bits per heavy atom. The first-order valence-electron chi connectivity index (χ1n) is 3.33. The lowest BCUT2D eigenvalue weighted by atomic mass is 10.2. The van der Waals surface area contributed by atoms with Crippen LogP contribution >= 0.6 is 0 Å². The number of carbonyl (C=O) groups is 1. The lowest BCUT2D eigenvalue weighted by Gasteiger charge is -1.92. The second-order valence-corrected chi connectivity index (χ2v) is 2.11. The van der Waals surface area contributed by atoms with Crippen molar-refractivity contribution in [2.75, 3.05) is 7.05 Å². The summed E-state index contributed by atoms with van der Waals surface area (Å²) < 4.78 is 0. The third-order valence-corrected chi connectivity index (χ3v) is 1.33. The van der Waals surface area contributed by atoms with Crippen molar-refractivity contribution in [1.82, 2.24) is 0 Å². The highest BCUT2D eigenvalue weighted by molar-refractivity contribution is 6.33. The Labute approximate surface area is 61.7 Å². The summed E-state index contributed by atoms with van der Waals surface area (Å²) in [5.74, 6) is 0. The van der Waals surface area contributed by atoms with E-state index in [1.54, 1.807) is 13.1 Å². The van der Waals surface area contributed by atoms with Crippen molar-refractivity contribution in [3.63, 3.8) is 0 Å². The van der Waals surface area contributed by atoms with E-state index in [4.69, 9.17) is 0 Å². The van der Waals surface area contributed by atoms with Crippen LogP contribution in [0.3, 0.4) is 0 Å². The lowest BCUT2D eigenvalue weighted by molar-refractivity contribution is -0.102. The fraction of sp³-hybridized carbons (Fsp3) is 0.500. The molecule has 0 rings (SSSR count). The van der Waals surface area contributed by atoms with E-state index in [0.717, 1.165) is 12.7 Å². The Morgan fingerprint density at radius 3 is 2.50 bits per heavy atom. The molecule has 0 N–H and O–H groups in total. The number of nitrogens with zero attached hydrogens (tertiary/aromatic N) is 1. The summed E-state index contributed by atoms with van der Waals surface area (Å²) in [4.78, 5) is 14.0. The van der Waals surface area contributed by atoms with Crippen LogP contribution in [0.2, 0.25) is 0 Å². The second kappa shape index (κ2) is 4.91. The normalized spacial score (nSPS) is 13.5. The van der Waals surface area contributed by atoms with Crippen molar-refractivity contribution in [2.45, 2.75) is 20.3 Å². The maximum Gasteiger partial charge on any atom is 0.167 e. The van der Waals surface area contributed by atoms with Gasteiger partial charge in [0.15, 0.2) is 6.29 Å². The topological polar surface area (TPSA) is 29.4 Å². The van der Waals surface area contributed by atoms with Crippen molar-refractivity contribution >= 4 is 12.0 Å². The zero-order valence-corrected chi connectivity index (χ0v) is 6.72. The molecule has 0 spiro atoms. The van der Waals surface area contributed by atoms with E-state index in [2.05, 4.69) is 4.99 Å². The van der Waals surface area contributed by atoms with E-state index in [1.807, 2.05) is 13.8 Å². The van der Waals surface area contributed by atoms with Gasteiger partial charge in [0.05, 0.1) is 5.71 Å². The molecule has 2 heteroatoms. The molecule has 0 bridgehead atoms. The number of aliphatic imine (C=N–C) groups is 1. The SMILES string of the molecule is CC/C(C)=C\C(C=O)=NC. The summed E-state index contributed by atoms with van der Waals surface area (Å²) in [6.45, 7) is 4.03. The first-order chi connectivity index (χ1) is 4.74. The molecule has 0 aliphatic rings. The molecule has 2 nitrogen and oxygen atoms in total. The Kier molecular flexibility index (Phi) is 4.46. The summed E-state index contributed by atoms with van der Waals surface area (Å²) >= 11 is 0. The van der Waals surface area contributed by atoms with Gasteiger partial charge in [-0.2, -0.15) is 0 Å². The van der Waals surface area contributed by atoms with Gasteiger partial charge in [-0.1, -0.05) is 12.5 Å². The predicted octanol–water partition coefficient (Wildman–Crippen LogP) is 1.61. The molecular weight excluding hydrogens is 126 g/mol. The summed E-state index contributed by atoms with van der Waals surface area (Å²) in [7, 11) is 1.61. The van der Waals surface area contributed by atoms with E-state index in [9.17, 15) is 4.79 Å². The summed E-state index contributed by atoms with van der Waals surface area (Å²) in [5, 5.41) is 0. The van der Waals surface area contributed by atoms with E-state index >= 15 is 0 Å². The van der Waals surface area contributed by atoms with Crippen molar-refractivity contribution < 1.29 is 4.79 Å². The fourth-order valence-corrected chi connectivity index (χ4v) is 0.506. The van der Waals surface area contributed by atoms with E-state index in [1.165, 1.54) is 5.57 Å². The van der Waals surface area contributed by atoms with Gasteiger partial charge in [0.25, 0.3) is 0 Å². The molecule has 0 aromatic rings. The molecule has 0 heterocycles. The summed E-state index contributed by atoms with van der Waals surface area (Å²) in [5.41, 5.74) is 1.69. The number of rotatable bonds is 3. The van der Waals surface area contributed by atoms with Gasteiger partial charge in [-0.15, -0.1) is 0 Å². The summed E-state index contributed by atoms with van der Waals surface area (Å²) in [6.07, 6.45) is 3.53. The van der Waals surface area contributed by atoms with Crippen LogP contribution in [0.1, 0.15) is 20.3 Å². The Bertz CT molecular complexity index is 168. The molecule has 0 amide bonds. The van der Waals surface area contributed by atoms with E-state index in [-0.39, 0.29) is 0 Å². The molecule has 0 saturated carbocycles. The zero-order chi connectivity index (χ0) is 7.98. The highest BCUT2D eigenvalue weighted by Crippen LogP contribution is 1.97. The zero-order valence-electron chi connectivity index (χ0n) is 6.72. The van der Waals surface area contributed by atoms with Crippen molar-refractivity contribution in [2.24, 2.45) is 4.99 Å². The molecule has 0 atom stereocenters. The number of carbonyl (C=O) groups excluding carboxylic acids is 1. The third kappa shape index (κ3) is 3.17. The van der Waals surface area contributed by atoms with Gasteiger partial charge in [-0.05, 0) is 19.4 Å². The molecule has 0 fully saturated rings. The Balaban J connectivity index is 4.22. The van der Waals surface area contributed by atoms with Crippen LogP contribution in [0.5, 0.6) is 0 Å². The van der Waals surface area contributed by atoms with Gasteiger partial charge in [-0.25, -0.2) is 0 Å². The molecule has 0 radical (unpaired) electrons. The number of aldehydes is 1. The molecular formula is C8H13NO. The van der Waals surface area contributed by atoms with Gasteiger partial charge >= 0.3 is 0 Å². The number of hydrogen-bond acceptors (Lipinski definition) is 2. The van der Waals surface area contributed by atoms with Gasteiger partial charge in [0.1, 0.15) is 0 Å². The van der Waals surface area contributed by atoms with E-state index < -0.39 is 0 Å². The van der Waals surface area contributed by atoms with Crippen LogP contribution in [-0.4, -0.2) is 19.0 Å². The minimum absolute atomic E-state index is 0.513. The highest BCUT2D eigenvalue weighted by atomic mass is 16.1. The molecule has 56 valence electrons. The molecule has 0 aliphatic carbocycles. The molecule has 0 aliphatic heterocycles. The van der Waals surface area contributed by atoms with Crippen molar-refractivity contribution in [1.29, 1.82) is 0 Å². The van der Waals surface area contributed by atoms with Crippen LogP contribution in [0.25, 0.3) is 0 Å². The quantitative estimate of drug-likeness (QED) is 0.431. The number of hydrogen-bond donors (Lipinski definition) is 0. The van der Waals surface area contributed by atoms with Crippen LogP contribution in [0.4, 0.5) is 0 Å². The number of allylic oxidation sites excluding steroid dienone is 2. The lowest BCUT2D eigenvalue weighted by Crippen LogP contribution is -1.94. The van der Waals surface area contributed by atoms with Crippen LogP contribution in [0.15, 0.2) is 16.6 Å². The molecule has 0 aromatic carbocycles. The third-order valence-electron chi connectivity index (χ3n) is 1.33. The van der Waals surface area contributed by atoms with Crippen molar-refractivity contribution in [3.8, 4) is 0 Å². The fourth-order valence-electron chi connectivity index (χ4n) is 0.506. The van der Waals surface area contributed by atoms with Crippen LogP contribution in [0, 0.1) is 0 Å². The minimum atomic E-state index is 0.513. The average Bonchev–Trinajstić information content (AvgIpc) is 1.99. The predicted molar refractivity (Wildman–Crippen MR) is 43.5 cm³/mol. The second-order valence-electron chi connectivity index (χ2n) is 2.11. The highest BCUT2D eigenvalue weighted by Gasteiger charge is 1.89. The maximum atomic E-state index is 10.2. The van der Waals surface area contributed by atoms with Gasteiger partial charge < -0.3 is 0 Å². The van der Waals surface area contributed by atoms with Gasteiger partial charge in [0.2, 0.25) is 0 Å². The smallest absolute Gasteiger partial charge is 0.167 e. The monoisotopic (exact) mass is 139 g/mol. The molecule has 10 heavy (non-hydrogen) atoms. The van der Waals surface area contributed by atoms with Gasteiger partial charge in [-0.3, -0.25) is 9.79 Å². The first kappa shape index (κ1) is 9.08. The minimum Gasteiger partial charge on any atom is -0.296 e. The Morgan fingerprint density at radius 1 is 1.60 bits per heavy atom. The summed E-state index contributed by atoms with van der Waals surface area (Å²) in [6, 6.07) is 0. The maximum absolute atomic E-state index is 10.2. The largest absolute Gasteiger partial charge is 0.296 e. The van der Waals surface area contributed by atoms with Crippen molar-refractivity contribution in [3.05, 3.63) is 11.6 Å². The molecule has 0 unspecified atom stereocenters. The van der Waals surface area contributed by atoms with Gasteiger partial charge in [0, 0.05) is 7.05 Å².